The zero-order valence-electron chi connectivity index (χ0n) is 13.3. The van der Waals surface area contributed by atoms with Crippen LogP contribution in [0.1, 0.15) is 0 Å². The SMILES string of the molecule is Clc1ccc(Cl)c(Nc2cnnc(Nc3cccc4cccnc34)n2)c1. The van der Waals surface area contributed by atoms with Gasteiger partial charge in [-0.05, 0) is 30.3 Å². The van der Waals surface area contributed by atoms with E-state index in [0.29, 0.717) is 27.5 Å². The highest BCUT2D eigenvalue weighted by Crippen LogP contribution is 2.28. The number of hydrogen-bond donors (Lipinski definition) is 2. The number of anilines is 4. The first-order valence-electron chi connectivity index (χ1n) is 7.71. The molecule has 0 saturated heterocycles. The van der Waals surface area contributed by atoms with Gasteiger partial charge in [0, 0.05) is 16.6 Å². The lowest BCUT2D eigenvalue weighted by Crippen LogP contribution is -2.03. The number of aromatic nitrogens is 4. The minimum Gasteiger partial charge on any atom is -0.338 e. The van der Waals surface area contributed by atoms with Crippen molar-refractivity contribution < 1.29 is 0 Å². The fourth-order valence-electron chi connectivity index (χ4n) is 2.47. The molecule has 0 aliphatic rings. The quantitative estimate of drug-likeness (QED) is 0.504. The molecule has 8 heteroatoms. The molecule has 0 fully saturated rings. The number of fused-ring (bicyclic) bond motifs is 1. The third-order valence-corrected chi connectivity index (χ3v) is 4.19. The van der Waals surface area contributed by atoms with Crippen LogP contribution in [0.15, 0.2) is 60.9 Å². The van der Waals surface area contributed by atoms with Gasteiger partial charge in [-0.25, -0.2) is 0 Å². The molecule has 2 aromatic carbocycles. The first-order valence-corrected chi connectivity index (χ1v) is 8.47. The van der Waals surface area contributed by atoms with Crippen LogP contribution in [0, 0.1) is 0 Å². The van der Waals surface area contributed by atoms with Gasteiger partial charge in [0.05, 0.1) is 28.1 Å². The molecular weight excluding hydrogens is 371 g/mol. The van der Waals surface area contributed by atoms with E-state index in [4.69, 9.17) is 23.2 Å². The Balaban J connectivity index is 1.62. The molecular formula is C18H12Cl2N6. The Morgan fingerprint density at radius 2 is 1.77 bits per heavy atom. The number of para-hydroxylation sites is 1. The predicted octanol–water partition coefficient (Wildman–Crippen LogP) is 5.21. The Bertz CT molecular complexity index is 1080. The standard InChI is InChI=1S/C18H12Cl2N6/c19-12-6-7-13(20)15(9-12)23-16-10-22-26-18(25-16)24-14-5-1-3-11-4-2-8-21-17(11)14/h1-10H,(H2,23,24,25,26). The smallest absolute Gasteiger partial charge is 0.249 e. The van der Waals surface area contributed by atoms with E-state index in [1.165, 1.54) is 6.20 Å². The van der Waals surface area contributed by atoms with E-state index < -0.39 is 0 Å². The van der Waals surface area contributed by atoms with Gasteiger partial charge in [-0.2, -0.15) is 10.1 Å². The third-order valence-electron chi connectivity index (χ3n) is 3.63. The van der Waals surface area contributed by atoms with Gasteiger partial charge in [0.25, 0.3) is 0 Å². The van der Waals surface area contributed by atoms with Crippen LogP contribution in [-0.2, 0) is 0 Å². The van der Waals surface area contributed by atoms with E-state index in [2.05, 4.69) is 30.8 Å². The maximum atomic E-state index is 6.17. The third kappa shape index (κ3) is 3.51. The summed E-state index contributed by atoms with van der Waals surface area (Å²) in [7, 11) is 0. The van der Waals surface area contributed by atoms with Gasteiger partial charge in [-0.3, -0.25) is 4.98 Å². The van der Waals surface area contributed by atoms with Crippen molar-refractivity contribution in [3.8, 4) is 0 Å². The second-order valence-corrected chi connectivity index (χ2v) is 6.26. The van der Waals surface area contributed by atoms with Crippen LogP contribution in [0.25, 0.3) is 10.9 Å². The molecule has 128 valence electrons. The number of nitrogens with zero attached hydrogens (tertiary/aromatic N) is 4. The largest absolute Gasteiger partial charge is 0.338 e. The topological polar surface area (TPSA) is 75.6 Å². The van der Waals surface area contributed by atoms with Crippen LogP contribution < -0.4 is 10.6 Å². The fraction of sp³-hybridized carbons (Fsp3) is 0. The number of nitrogens with one attached hydrogen (secondary N) is 2. The molecule has 4 aromatic rings. The van der Waals surface area contributed by atoms with E-state index in [9.17, 15) is 0 Å². The van der Waals surface area contributed by atoms with Crippen LogP contribution in [0.4, 0.5) is 23.1 Å². The normalized spacial score (nSPS) is 10.7. The molecule has 6 nitrogen and oxygen atoms in total. The molecule has 0 unspecified atom stereocenters. The molecule has 2 aromatic heterocycles. The van der Waals surface area contributed by atoms with Crippen molar-refractivity contribution in [2.75, 3.05) is 10.6 Å². The zero-order chi connectivity index (χ0) is 17.9. The fourth-order valence-corrected chi connectivity index (χ4v) is 2.81. The van der Waals surface area contributed by atoms with E-state index in [1.807, 2.05) is 30.3 Å². The van der Waals surface area contributed by atoms with Crippen LogP contribution in [0.2, 0.25) is 10.0 Å². The van der Waals surface area contributed by atoms with Gasteiger partial charge in [0.2, 0.25) is 5.95 Å². The average molecular weight is 383 g/mol. The molecule has 0 saturated carbocycles. The van der Waals surface area contributed by atoms with Gasteiger partial charge >= 0.3 is 0 Å². The van der Waals surface area contributed by atoms with Crippen molar-refractivity contribution in [2.24, 2.45) is 0 Å². The molecule has 0 spiro atoms. The molecule has 0 atom stereocenters. The van der Waals surface area contributed by atoms with Crippen molar-refractivity contribution in [1.82, 2.24) is 20.2 Å². The monoisotopic (exact) mass is 382 g/mol. The van der Waals surface area contributed by atoms with Gasteiger partial charge in [0.15, 0.2) is 5.82 Å². The summed E-state index contributed by atoms with van der Waals surface area (Å²) < 4.78 is 0. The Morgan fingerprint density at radius 3 is 2.69 bits per heavy atom. The first-order chi connectivity index (χ1) is 12.7. The number of halogens is 2. The lowest BCUT2D eigenvalue weighted by molar-refractivity contribution is 0.983. The first kappa shape index (κ1) is 16.5. The number of pyridine rings is 1. The lowest BCUT2D eigenvalue weighted by Gasteiger charge is -2.10. The van der Waals surface area contributed by atoms with Crippen LogP contribution in [-0.4, -0.2) is 20.2 Å². The maximum absolute atomic E-state index is 6.17. The summed E-state index contributed by atoms with van der Waals surface area (Å²) in [6, 6.07) is 14.9. The van der Waals surface area contributed by atoms with Gasteiger partial charge < -0.3 is 10.6 Å². The molecule has 0 aliphatic carbocycles. The molecule has 2 heterocycles. The zero-order valence-corrected chi connectivity index (χ0v) is 14.8. The highest BCUT2D eigenvalue weighted by Gasteiger charge is 2.07. The molecule has 0 amide bonds. The Labute approximate surface area is 159 Å². The van der Waals surface area contributed by atoms with E-state index in [0.717, 1.165) is 16.6 Å². The van der Waals surface area contributed by atoms with Gasteiger partial charge in [-0.1, -0.05) is 41.4 Å². The average Bonchev–Trinajstić information content (AvgIpc) is 2.65. The number of hydrogen-bond acceptors (Lipinski definition) is 6. The minimum atomic E-state index is 0.339. The molecule has 0 bridgehead atoms. The summed E-state index contributed by atoms with van der Waals surface area (Å²) in [5.74, 6) is 0.825. The summed E-state index contributed by atoms with van der Waals surface area (Å²) >= 11 is 12.2. The van der Waals surface area contributed by atoms with Gasteiger partial charge in [0.1, 0.15) is 0 Å². The molecule has 26 heavy (non-hydrogen) atoms. The van der Waals surface area contributed by atoms with Crippen molar-refractivity contribution in [1.29, 1.82) is 0 Å². The number of benzene rings is 2. The van der Waals surface area contributed by atoms with E-state index in [-0.39, 0.29) is 0 Å². The van der Waals surface area contributed by atoms with Crippen molar-refractivity contribution >= 4 is 57.2 Å². The van der Waals surface area contributed by atoms with Crippen LogP contribution in [0.5, 0.6) is 0 Å². The minimum absolute atomic E-state index is 0.339. The predicted molar refractivity (Wildman–Crippen MR) is 105 cm³/mol. The summed E-state index contributed by atoms with van der Waals surface area (Å²) in [6.45, 7) is 0. The summed E-state index contributed by atoms with van der Waals surface area (Å²) in [6.07, 6.45) is 3.25. The molecule has 4 rings (SSSR count). The van der Waals surface area contributed by atoms with E-state index in [1.54, 1.807) is 24.4 Å². The summed E-state index contributed by atoms with van der Waals surface area (Å²) in [5.41, 5.74) is 2.26. The number of rotatable bonds is 4. The summed E-state index contributed by atoms with van der Waals surface area (Å²) in [5, 5.41) is 16.4. The van der Waals surface area contributed by atoms with E-state index >= 15 is 0 Å². The lowest BCUT2D eigenvalue weighted by atomic mass is 10.2. The molecule has 0 radical (unpaired) electrons. The van der Waals surface area contributed by atoms with Crippen molar-refractivity contribution in [3.63, 3.8) is 0 Å². The summed E-state index contributed by atoms with van der Waals surface area (Å²) in [4.78, 5) is 8.82. The Kier molecular flexibility index (Phi) is 4.51. The van der Waals surface area contributed by atoms with Crippen molar-refractivity contribution in [3.05, 3.63) is 71.0 Å². The molecule has 2 N–H and O–H groups in total. The molecule has 0 aliphatic heterocycles. The Morgan fingerprint density at radius 1 is 0.885 bits per heavy atom. The van der Waals surface area contributed by atoms with Crippen LogP contribution >= 0.6 is 23.2 Å². The Hall–Kier alpha value is -2.96. The van der Waals surface area contributed by atoms with Crippen LogP contribution in [0.3, 0.4) is 0 Å². The van der Waals surface area contributed by atoms with Gasteiger partial charge in [-0.15, -0.1) is 5.10 Å². The second kappa shape index (κ2) is 7.11. The highest BCUT2D eigenvalue weighted by atomic mass is 35.5. The maximum Gasteiger partial charge on any atom is 0.249 e. The highest BCUT2D eigenvalue weighted by molar-refractivity contribution is 6.35. The second-order valence-electron chi connectivity index (χ2n) is 5.42. The van der Waals surface area contributed by atoms with Crippen molar-refractivity contribution in [2.45, 2.75) is 0 Å².